The first-order valence-electron chi connectivity index (χ1n) is 26.2. The van der Waals surface area contributed by atoms with E-state index in [-0.39, 0.29) is 12.8 Å². The molecule has 0 aliphatic heterocycles. The maximum absolute atomic E-state index is 12.4. The van der Waals surface area contributed by atoms with E-state index >= 15 is 0 Å². The summed E-state index contributed by atoms with van der Waals surface area (Å²) < 4.78 is 27.0. The van der Waals surface area contributed by atoms with E-state index in [9.17, 15) is 34.1 Å². The zero-order valence-electron chi connectivity index (χ0n) is 41.3. The molecular weight excluding hydrogens is 842 g/mol. The van der Waals surface area contributed by atoms with Crippen LogP contribution in [0.4, 0.5) is 0 Å². The maximum Gasteiger partial charge on any atom is 0.472 e. The molecule has 12 heteroatoms. The third kappa shape index (κ3) is 47.7. The molecule has 4 N–H and O–H groups in total. The van der Waals surface area contributed by atoms with Crippen molar-refractivity contribution < 1.29 is 47.8 Å². The van der Waals surface area contributed by atoms with Crippen LogP contribution >= 0.6 is 7.82 Å². The number of carbonyl (C=O) groups excluding carboxylic acids is 2. The van der Waals surface area contributed by atoms with Crippen molar-refractivity contribution in [1.29, 1.82) is 0 Å². The van der Waals surface area contributed by atoms with Crippen molar-refractivity contribution in [3.63, 3.8) is 0 Å². The van der Waals surface area contributed by atoms with E-state index in [1.807, 2.05) is 0 Å². The summed E-state index contributed by atoms with van der Waals surface area (Å²) in [5, 5.41) is 21.9. The number of nitrogens with one attached hydrogen (secondary N) is 1. The molecule has 378 valence electrons. The molecule has 0 aliphatic carbocycles. The fourth-order valence-electron chi connectivity index (χ4n) is 7.30. The molecule has 0 bridgehead atoms. The van der Waals surface area contributed by atoms with Crippen LogP contribution in [-0.2, 0) is 32.7 Å². The number of aliphatic carboxylic acids is 1. The summed E-state index contributed by atoms with van der Waals surface area (Å²) in [5.74, 6) is -2.39. The van der Waals surface area contributed by atoms with Gasteiger partial charge in [0, 0.05) is 12.8 Å². The van der Waals surface area contributed by atoms with E-state index in [0.717, 1.165) is 70.6 Å². The number of phosphoric acid groups is 1. The van der Waals surface area contributed by atoms with Crippen LogP contribution in [0.1, 0.15) is 239 Å². The van der Waals surface area contributed by atoms with Gasteiger partial charge in [0.1, 0.15) is 12.7 Å². The van der Waals surface area contributed by atoms with E-state index in [1.165, 1.54) is 128 Å². The van der Waals surface area contributed by atoms with Gasteiger partial charge in [-0.3, -0.25) is 18.6 Å². The van der Waals surface area contributed by atoms with Gasteiger partial charge in [-0.1, -0.05) is 217 Å². The van der Waals surface area contributed by atoms with Crippen molar-refractivity contribution in [2.24, 2.45) is 0 Å². The van der Waals surface area contributed by atoms with Crippen LogP contribution in [0.2, 0.25) is 0 Å². The lowest BCUT2D eigenvalue weighted by atomic mass is 10.0. The molecular formula is C53H96NO10P. The van der Waals surface area contributed by atoms with Crippen molar-refractivity contribution in [2.75, 3.05) is 19.8 Å². The second-order valence-electron chi connectivity index (χ2n) is 17.7. The molecule has 0 saturated heterocycles. The summed E-state index contributed by atoms with van der Waals surface area (Å²) in [7, 11) is -4.77. The molecule has 0 spiro atoms. The minimum atomic E-state index is -4.77. The van der Waals surface area contributed by atoms with Gasteiger partial charge < -0.3 is 25.2 Å². The number of ether oxygens (including phenoxy) is 1. The van der Waals surface area contributed by atoms with Crippen LogP contribution in [-0.4, -0.2) is 64.9 Å². The highest BCUT2D eigenvalue weighted by molar-refractivity contribution is 7.47. The van der Waals surface area contributed by atoms with Gasteiger partial charge in [0.25, 0.3) is 0 Å². The Morgan fingerprint density at radius 3 is 1.29 bits per heavy atom. The molecule has 0 rings (SSSR count). The third-order valence-corrected chi connectivity index (χ3v) is 12.3. The number of phosphoric ester groups is 1. The number of carboxylic acid groups (broad SMARTS) is 1. The van der Waals surface area contributed by atoms with Gasteiger partial charge in [0.15, 0.2) is 6.04 Å². The first-order valence-corrected chi connectivity index (χ1v) is 27.7. The van der Waals surface area contributed by atoms with Gasteiger partial charge >= 0.3 is 19.8 Å². The predicted octanol–water partition coefficient (Wildman–Crippen LogP) is 14.5. The maximum atomic E-state index is 12.4. The Bertz CT molecular complexity index is 1280. The number of carboxylic acids is 1. The number of aliphatic hydroxyl groups excluding tert-OH is 1. The number of esters is 1. The zero-order chi connectivity index (χ0) is 47.7. The molecule has 0 radical (unpaired) electrons. The van der Waals surface area contributed by atoms with E-state index < -0.39 is 57.6 Å². The number of unbranched alkanes of at least 4 members (excludes halogenated alkanes) is 27. The summed E-state index contributed by atoms with van der Waals surface area (Å²) >= 11 is 0. The second-order valence-corrected chi connectivity index (χ2v) is 19.2. The molecule has 65 heavy (non-hydrogen) atoms. The van der Waals surface area contributed by atoms with Crippen LogP contribution in [0, 0.1) is 0 Å². The number of hydrogen-bond donors (Lipinski definition) is 4. The molecule has 0 aromatic carbocycles. The molecule has 0 aliphatic rings. The largest absolute Gasteiger partial charge is 0.480 e. The van der Waals surface area contributed by atoms with Crippen molar-refractivity contribution >= 4 is 25.7 Å². The number of rotatable bonds is 49. The molecule has 11 nitrogen and oxygen atoms in total. The SMILES string of the molecule is CCCCC/C=C\C/C=C\C/C=C\C/C=C\CCCCCCCC(=O)NC(COP(=O)(O)OCC(O)COC(=O)CCCCCCCCCCCCCCCCCCCCCC)C(=O)O. The number of carbonyl (C=O) groups is 3. The molecule has 0 heterocycles. The summed E-state index contributed by atoms with van der Waals surface area (Å²) in [5.41, 5.74) is 0. The van der Waals surface area contributed by atoms with E-state index in [2.05, 4.69) is 67.8 Å². The monoisotopic (exact) mass is 938 g/mol. The highest BCUT2D eigenvalue weighted by Gasteiger charge is 2.28. The Morgan fingerprint density at radius 2 is 0.846 bits per heavy atom. The Labute approximate surface area is 396 Å². The average molecular weight is 938 g/mol. The first-order chi connectivity index (χ1) is 31.6. The van der Waals surface area contributed by atoms with Crippen LogP contribution in [0.15, 0.2) is 48.6 Å². The highest BCUT2D eigenvalue weighted by atomic mass is 31.2. The number of amides is 1. The Kier molecular flexibility index (Phi) is 46.0. The van der Waals surface area contributed by atoms with Gasteiger partial charge in [0.05, 0.1) is 13.2 Å². The first kappa shape index (κ1) is 62.4. The molecule has 0 fully saturated rings. The lowest BCUT2D eigenvalue weighted by Crippen LogP contribution is -2.43. The van der Waals surface area contributed by atoms with Gasteiger partial charge in [-0.25, -0.2) is 9.36 Å². The quantitative estimate of drug-likeness (QED) is 0.0199. The van der Waals surface area contributed by atoms with Crippen molar-refractivity contribution in [3.8, 4) is 0 Å². The fourth-order valence-corrected chi connectivity index (χ4v) is 8.07. The standard InChI is InChI=1S/C53H96NO10P/c1-3-5-7-9-11-13-15-17-19-21-23-25-26-28-30-32-34-36-38-40-42-44-51(56)54-50(53(58)59)48-64-65(60,61)63-47-49(55)46-62-52(57)45-43-41-39-37-35-33-31-29-27-24-22-20-18-16-14-12-10-8-6-4-2/h11,13,17,19,23,25,28,30,49-50,55H,3-10,12,14-16,18,20-22,24,26-27,29,31-48H2,1-2H3,(H,54,56)(H,58,59)(H,60,61)/b13-11-,19-17-,25-23-,30-28-. The second kappa shape index (κ2) is 47.9. The summed E-state index contributed by atoms with van der Waals surface area (Å²) in [6, 6.07) is -1.56. The molecule has 0 aromatic heterocycles. The molecule has 0 aromatic rings. The Hall–Kier alpha value is -2.56. The summed E-state index contributed by atoms with van der Waals surface area (Å²) in [4.78, 5) is 46.1. The van der Waals surface area contributed by atoms with Crippen molar-refractivity contribution in [2.45, 2.75) is 251 Å². The molecule has 3 unspecified atom stereocenters. The predicted molar refractivity (Wildman–Crippen MR) is 268 cm³/mol. The summed E-state index contributed by atoms with van der Waals surface area (Å²) in [6.07, 6.45) is 55.6. The Morgan fingerprint density at radius 1 is 0.492 bits per heavy atom. The lowest BCUT2D eigenvalue weighted by Gasteiger charge is -2.18. The molecule has 0 saturated carbocycles. The molecule has 3 atom stereocenters. The fraction of sp³-hybridized carbons (Fsp3) is 0.792. The van der Waals surface area contributed by atoms with Crippen LogP contribution in [0.3, 0.4) is 0 Å². The normalized spacial score (nSPS) is 13.9. The number of allylic oxidation sites excluding steroid dienone is 8. The van der Waals surface area contributed by atoms with E-state index in [1.54, 1.807) is 0 Å². The van der Waals surface area contributed by atoms with Gasteiger partial charge in [-0.15, -0.1) is 0 Å². The lowest BCUT2D eigenvalue weighted by molar-refractivity contribution is -0.147. The smallest absolute Gasteiger partial charge is 0.472 e. The van der Waals surface area contributed by atoms with Gasteiger partial charge in [0.2, 0.25) is 5.91 Å². The van der Waals surface area contributed by atoms with Crippen molar-refractivity contribution in [3.05, 3.63) is 48.6 Å². The van der Waals surface area contributed by atoms with E-state index in [4.69, 9.17) is 13.8 Å². The number of aliphatic hydroxyl groups is 1. The minimum absolute atomic E-state index is 0.124. The average Bonchev–Trinajstić information content (AvgIpc) is 3.28. The van der Waals surface area contributed by atoms with Crippen LogP contribution < -0.4 is 5.32 Å². The summed E-state index contributed by atoms with van der Waals surface area (Å²) in [6.45, 7) is 2.59. The van der Waals surface area contributed by atoms with Crippen molar-refractivity contribution in [1.82, 2.24) is 5.32 Å². The Balaban J connectivity index is 3.85. The zero-order valence-corrected chi connectivity index (χ0v) is 42.2. The topological polar surface area (TPSA) is 169 Å². The van der Waals surface area contributed by atoms with Crippen LogP contribution in [0.5, 0.6) is 0 Å². The molecule has 1 amide bonds. The van der Waals surface area contributed by atoms with Gasteiger partial charge in [-0.2, -0.15) is 0 Å². The minimum Gasteiger partial charge on any atom is -0.480 e. The van der Waals surface area contributed by atoms with Gasteiger partial charge in [-0.05, 0) is 57.8 Å². The number of hydrogen-bond acceptors (Lipinski definition) is 8. The van der Waals surface area contributed by atoms with E-state index in [0.29, 0.717) is 12.8 Å². The highest BCUT2D eigenvalue weighted by Crippen LogP contribution is 2.43. The third-order valence-electron chi connectivity index (χ3n) is 11.4. The van der Waals surface area contributed by atoms with Crippen LogP contribution in [0.25, 0.3) is 0 Å².